The van der Waals surface area contributed by atoms with E-state index >= 15 is 4.39 Å². The number of aromatic hydroxyl groups is 1. The van der Waals surface area contributed by atoms with Crippen LogP contribution in [0, 0.1) is 18.7 Å². The summed E-state index contributed by atoms with van der Waals surface area (Å²) in [6.45, 7) is 4.97. The third-order valence-corrected chi connectivity index (χ3v) is 8.29. The Balaban J connectivity index is 1.32. The Bertz CT molecular complexity index is 1760. The smallest absolute Gasteiger partial charge is 0.319 e. The molecule has 0 spiro atoms. The predicted octanol–water partition coefficient (Wildman–Crippen LogP) is 5.20. The molecule has 3 aromatic heterocycles. The first-order valence-electron chi connectivity index (χ1n) is 14.1. The largest absolute Gasteiger partial charge is 0.508 e. The maximum atomic E-state index is 16.5. The number of anilines is 1. The number of benzene rings is 2. The second-order valence-electron chi connectivity index (χ2n) is 11.0. The highest BCUT2D eigenvalue weighted by Gasteiger charge is 2.31. The molecule has 0 amide bonds. The molecule has 2 atom stereocenters. The van der Waals surface area contributed by atoms with Crippen LogP contribution in [0.1, 0.15) is 24.1 Å². The minimum absolute atomic E-state index is 0.0457. The zero-order valence-corrected chi connectivity index (χ0v) is 22.8. The van der Waals surface area contributed by atoms with Gasteiger partial charge in [0.25, 0.3) is 0 Å². The van der Waals surface area contributed by atoms with Crippen LogP contribution in [0.5, 0.6) is 11.8 Å². The zero-order valence-electron chi connectivity index (χ0n) is 22.8. The van der Waals surface area contributed by atoms with Crippen LogP contribution in [-0.4, -0.2) is 57.3 Å². The fourth-order valence-electron chi connectivity index (χ4n) is 6.17. The monoisotopic (exact) mass is 550 g/mol. The van der Waals surface area contributed by atoms with E-state index < -0.39 is 5.82 Å². The predicted molar refractivity (Wildman–Crippen MR) is 157 cm³/mol. The highest BCUT2D eigenvalue weighted by Crippen LogP contribution is 2.37. The van der Waals surface area contributed by atoms with E-state index in [4.69, 9.17) is 9.72 Å². The maximum absolute atomic E-state index is 16.5. The van der Waals surface area contributed by atoms with Crippen molar-refractivity contribution < 1.29 is 14.2 Å². The molecule has 8 nitrogen and oxygen atoms in total. The number of aryl methyl sites for hydroxylation is 1. The standard InChI is InChI=1S/C32H31FN6O2/c1-19-5-4-10-34-27(19)9-12-41-32-37-30-26(31(38-32)39-11-8-20-13-22(18-39)35-16-20)17-36-29(28(30)33)25-15-23(40)14-21-6-2-3-7-24(21)25/h2-7,10,14-15,17,20,22,35,40H,8-9,11-13,16,18H2,1H3. The minimum atomic E-state index is -0.568. The summed E-state index contributed by atoms with van der Waals surface area (Å²) in [6, 6.07) is 15.2. The molecule has 2 aromatic carbocycles. The molecule has 208 valence electrons. The van der Waals surface area contributed by atoms with E-state index in [1.54, 1.807) is 24.5 Å². The number of phenols is 1. The summed E-state index contributed by atoms with van der Waals surface area (Å²) >= 11 is 0. The average molecular weight is 551 g/mol. The molecule has 2 saturated heterocycles. The highest BCUT2D eigenvalue weighted by molar-refractivity contribution is 5.99. The summed E-state index contributed by atoms with van der Waals surface area (Å²) < 4.78 is 22.5. The van der Waals surface area contributed by atoms with Gasteiger partial charge in [-0.05, 0) is 66.8 Å². The number of nitrogens with zero attached hydrogens (tertiary/aromatic N) is 5. The molecule has 0 saturated carbocycles. The SMILES string of the molecule is Cc1cccnc1CCOc1nc(N2CCC3CNC(C3)C2)c2cnc(-c3cc(O)cc4ccccc34)c(F)c2n1. The average Bonchev–Trinajstić information content (AvgIpc) is 3.32. The molecule has 5 heterocycles. The summed E-state index contributed by atoms with van der Waals surface area (Å²) in [5.41, 5.74) is 2.81. The summed E-state index contributed by atoms with van der Waals surface area (Å²) in [4.78, 5) is 20.6. The number of nitrogens with one attached hydrogen (secondary N) is 1. The fourth-order valence-corrected chi connectivity index (χ4v) is 6.17. The van der Waals surface area contributed by atoms with Crippen LogP contribution < -0.4 is 15.0 Å². The quantitative estimate of drug-likeness (QED) is 0.298. The molecule has 2 aliphatic heterocycles. The van der Waals surface area contributed by atoms with Gasteiger partial charge >= 0.3 is 6.01 Å². The van der Waals surface area contributed by atoms with Crippen LogP contribution >= 0.6 is 0 Å². The lowest BCUT2D eigenvalue weighted by molar-refractivity contribution is 0.296. The maximum Gasteiger partial charge on any atom is 0.319 e. The van der Waals surface area contributed by atoms with Crippen molar-refractivity contribution >= 4 is 27.5 Å². The van der Waals surface area contributed by atoms with E-state index in [-0.39, 0.29) is 23.0 Å². The third kappa shape index (κ3) is 4.91. The Kier molecular flexibility index (Phi) is 6.59. The molecule has 2 fully saturated rings. The second-order valence-corrected chi connectivity index (χ2v) is 11.0. The van der Waals surface area contributed by atoms with Gasteiger partial charge in [-0.15, -0.1) is 0 Å². The molecule has 0 aliphatic carbocycles. The molecule has 2 N–H and O–H groups in total. The van der Waals surface area contributed by atoms with Gasteiger partial charge < -0.3 is 20.1 Å². The van der Waals surface area contributed by atoms with Gasteiger partial charge in [0, 0.05) is 49.2 Å². The number of pyridine rings is 2. The lowest BCUT2D eigenvalue weighted by Crippen LogP contribution is -2.39. The number of ether oxygens (including phenoxy) is 1. The van der Waals surface area contributed by atoms with E-state index in [2.05, 4.69) is 25.2 Å². The second kappa shape index (κ2) is 10.6. The Labute approximate surface area is 237 Å². The molecular formula is C32H31FN6O2. The Morgan fingerprint density at radius 1 is 1.10 bits per heavy atom. The Morgan fingerprint density at radius 3 is 2.90 bits per heavy atom. The van der Waals surface area contributed by atoms with Gasteiger partial charge in [0.15, 0.2) is 5.82 Å². The van der Waals surface area contributed by atoms with Crippen LogP contribution in [-0.2, 0) is 6.42 Å². The first kappa shape index (κ1) is 25.6. The van der Waals surface area contributed by atoms with Crippen molar-refractivity contribution in [3.05, 3.63) is 78.0 Å². The van der Waals surface area contributed by atoms with Gasteiger partial charge in [0.1, 0.15) is 22.8 Å². The number of hydrogen-bond acceptors (Lipinski definition) is 8. The number of aromatic nitrogens is 4. The Hall–Kier alpha value is -4.37. The van der Waals surface area contributed by atoms with Gasteiger partial charge in [-0.3, -0.25) is 9.97 Å². The molecule has 9 heteroatoms. The van der Waals surface area contributed by atoms with Crippen molar-refractivity contribution in [3.8, 4) is 23.0 Å². The highest BCUT2D eigenvalue weighted by atomic mass is 19.1. The summed E-state index contributed by atoms with van der Waals surface area (Å²) in [5, 5.41) is 16.2. The van der Waals surface area contributed by atoms with Crippen LogP contribution in [0.25, 0.3) is 32.9 Å². The fraction of sp³-hybridized carbons (Fsp3) is 0.312. The van der Waals surface area contributed by atoms with E-state index in [0.717, 1.165) is 54.5 Å². The van der Waals surface area contributed by atoms with Crippen LogP contribution in [0.15, 0.2) is 60.9 Å². The third-order valence-electron chi connectivity index (χ3n) is 8.29. The van der Waals surface area contributed by atoms with Crippen molar-refractivity contribution in [1.29, 1.82) is 0 Å². The molecule has 5 aromatic rings. The van der Waals surface area contributed by atoms with Gasteiger partial charge in [-0.1, -0.05) is 30.3 Å². The van der Waals surface area contributed by atoms with Crippen LogP contribution in [0.2, 0.25) is 0 Å². The Morgan fingerprint density at radius 2 is 2.00 bits per heavy atom. The molecule has 7 rings (SSSR count). The van der Waals surface area contributed by atoms with Crippen molar-refractivity contribution in [3.63, 3.8) is 0 Å². The van der Waals surface area contributed by atoms with Gasteiger partial charge in [0.2, 0.25) is 0 Å². The van der Waals surface area contributed by atoms with Gasteiger partial charge in [-0.2, -0.15) is 9.97 Å². The van der Waals surface area contributed by atoms with Crippen molar-refractivity contribution in [1.82, 2.24) is 25.3 Å². The lowest BCUT2D eigenvalue weighted by atomic mass is 10.0. The van der Waals surface area contributed by atoms with Crippen LogP contribution in [0.4, 0.5) is 10.2 Å². The van der Waals surface area contributed by atoms with Crippen molar-refractivity contribution in [2.45, 2.75) is 32.2 Å². The molecule has 2 aliphatic rings. The molecule has 2 bridgehead atoms. The number of halogens is 1. The minimum Gasteiger partial charge on any atom is -0.508 e. The van der Waals surface area contributed by atoms with E-state index in [9.17, 15) is 5.11 Å². The van der Waals surface area contributed by atoms with Crippen LogP contribution in [0.3, 0.4) is 0 Å². The topological polar surface area (TPSA) is 96.3 Å². The van der Waals surface area contributed by atoms with E-state index in [1.807, 2.05) is 43.3 Å². The number of phenolic OH excluding ortho intramolecular Hbond substituents is 1. The van der Waals surface area contributed by atoms with Gasteiger partial charge in [0.05, 0.1) is 12.0 Å². The zero-order chi connectivity index (χ0) is 27.9. The first-order chi connectivity index (χ1) is 20.0. The molecule has 41 heavy (non-hydrogen) atoms. The summed E-state index contributed by atoms with van der Waals surface area (Å²) in [6.07, 6.45) is 6.17. The molecular weight excluding hydrogens is 519 g/mol. The summed E-state index contributed by atoms with van der Waals surface area (Å²) in [7, 11) is 0. The lowest BCUT2D eigenvalue weighted by Gasteiger charge is -2.27. The number of rotatable bonds is 6. The summed E-state index contributed by atoms with van der Waals surface area (Å²) in [5.74, 6) is 0.745. The van der Waals surface area contributed by atoms with E-state index in [1.165, 1.54) is 0 Å². The molecule has 0 radical (unpaired) electrons. The number of hydrogen-bond donors (Lipinski definition) is 2. The molecule has 2 unspecified atom stereocenters. The first-order valence-corrected chi connectivity index (χ1v) is 14.1. The normalized spacial score (nSPS) is 18.6. The number of fused-ring (bicyclic) bond motifs is 4. The van der Waals surface area contributed by atoms with Crippen molar-refractivity contribution in [2.24, 2.45) is 5.92 Å². The van der Waals surface area contributed by atoms with Gasteiger partial charge in [-0.25, -0.2) is 4.39 Å². The van der Waals surface area contributed by atoms with E-state index in [0.29, 0.717) is 41.8 Å². The van der Waals surface area contributed by atoms with Crippen molar-refractivity contribution in [2.75, 3.05) is 31.1 Å².